The lowest BCUT2D eigenvalue weighted by molar-refractivity contribution is -0.364. The molecule has 0 aliphatic carbocycles. The molecule has 3 aliphatic rings. The Morgan fingerprint density at radius 1 is 1.16 bits per heavy atom. The Bertz CT molecular complexity index is 1210. The van der Waals surface area contributed by atoms with Crippen LogP contribution in [0.25, 0.3) is 27.4 Å². The molecule has 0 spiro atoms. The van der Waals surface area contributed by atoms with Gasteiger partial charge >= 0.3 is 0 Å². The molecule has 2 unspecified atom stereocenters. The van der Waals surface area contributed by atoms with Crippen LogP contribution in [-0.4, -0.2) is 33.6 Å². The third-order valence-electron chi connectivity index (χ3n) is 5.93. The molecule has 1 aromatic heterocycles. The Kier molecular flexibility index (Phi) is 2.47. The van der Waals surface area contributed by atoms with Crippen molar-refractivity contribution in [3.8, 4) is 0 Å². The largest absolute Gasteiger partial charge is 0.318 e. The summed E-state index contributed by atoms with van der Waals surface area (Å²) in [5.74, 6) is 0.349. The van der Waals surface area contributed by atoms with Gasteiger partial charge in [-0.25, -0.2) is 4.58 Å². The molecule has 0 fully saturated rings. The molecule has 3 nitrogen and oxygen atoms in total. The zero-order chi connectivity index (χ0) is 16.9. The lowest BCUT2D eigenvalue weighted by atomic mass is 9.83. The predicted octanol–water partition coefficient (Wildman–Crippen LogP) is 4.39. The topological polar surface area (TPSA) is 20.3 Å². The van der Waals surface area contributed by atoms with Gasteiger partial charge in [0.2, 0.25) is 5.37 Å². The van der Waals surface area contributed by atoms with E-state index >= 15 is 0 Å². The molecule has 0 saturated carbocycles. The highest BCUT2D eigenvalue weighted by molar-refractivity contribution is 8.03. The number of aliphatic imine (C=N–C) groups is 1. The number of benzene rings is 2. The van der Waals surface area contributed by atoms with Gasteiger partial charge in [-0.05, 0) is 41.2 Å². The van der Waals surface area contributed by atoms with Gasteiger partial charge in [-0.1, -0.05) is 41.0 Å². The molecule has 2 atom stereocenters. The Morgan fingerprint density at radius 3 is 2.80 bits per heavy atom. The van der Waals surface area contributed by atoms with Crippen molar-refractivity contribution >= 4 is 51.2 Å². The molecular weight excluding hydrogens is 326 g/mol. The smallest absolute Gasteiger partial charge is 0.281 e. The van der Waals surface area contributed by atoms with E-state index in [0.29, 0.717) is 5.92 Å². The van der Waals surface area contributed by atoms with E-state index in [1.54, 1.807) is 0 Å². The normalized spacial score (nSPS) is 23.6. The number of nitrogens with zero attached hydrogens (tertiary/aromatic N) is 3. The summed E-state index contributed by atoms with van der Waals surface area (Å²) in [6.07, 6.45) is 4.33. The summed E-state index contributed by atoms with van der Waals surface area (Å²) in [6.45, 7) is 4.52. The van der Waals surface area contributed by atoms with E-state index < -0.39 is 0 Å². The molecule has 6 rings (SSSR count). The van der Waals surface area contributed by atoms with Crippen LogP contribution in [0.4, 0.5) is 0 Å². The van der Waals surface area contributed by atoms with Gasteiger partial charge in [0.1, 0.15) is 11.6 Å². The quantitative estimate of drug-likeness (QED) is 0.554. The highest BCUT2D eigenvalue weighted by Gasteiger charge is 2.48. The minimum Gasteiger partial charge on any atom is -0.318 e. The molecule has 122 valence electrons. The first-order valence-electron chi connectivity index (χ1n) is 8.69. The van der Waals surface area contributed by atoms with Crippen molar-refractivity contribution in [2.75, 3.05) is 7.05 Å². The molecule has 3 aromatic rings. The fraction of sp³-hybridized carbons (Fsp3) is 0.238. The summed E-state index contributed by atoms with van der Waals surface area (Å²) in [6, 6.07) is 8.84. The first-order valence-corrected chi connectivity index (χ1v) is 9.63. The Morgan fingerprint density at radius 2 is 1.96 bits per heavy atom. The SMILES string of the molecule is Cc1c2c3c(c(C)cn3C3=CSC4N=C[N+](C)=C2C34)c2ccccc12. The van der Waals surface area contributed by atoms with Crippen LogP contribution in [0.2, 0.25) is 0 Å². The van der Waals surface area contributed by atoms with Crippen molar-refractivity contribution in [1.29, 1.82) is 0 Å². The average molecular weight is 344 g/mol. The molecular formula is C21H18N3S+. The van der Waals surface area contributed by atoms with Crippen LogP contribution in [0.15, 0.2) is 40.9 Å². The maximum Gasteiger partial charge on any atom is 0.281 e. The van der Waals surface area contributed by atoms with Gasteiger partial charge in [0.05, 0.1) is 12.6 Å². The summed E-state index contributed by atoms with van der Waals surface area (Å²) in [7, 11) is 2.14. The second-order valence-corrected chi connectivity index (χ2v) is 8.25. The van der Waals surface area contributed by atoms with Crippen molar-refractivity contribution in [2.45, 2.75) is 19.2 Å². The van der Waals surface area contributed by atoms with E-state index in [0.717, 1.165) is 0 Å². The second kappa shape index (κ2) is 4.44. The van der Waals surface area contributed by atoms with Crippen LogP contribution in [-0.2, 0) is 0 Å². The van der Waals surface area contributed by atoms with Crippen LogP contribution in [0.5, 0.6) is 0 Å². The van der Waals surface area contributed by atoms with E-state index in [2.05, 4.69) is 65.9 Å². The molecule has 0 bridgehead atoms. The van der Waals surface area contributed by atoms with Gasteiger partial charge < -0.3 is 4.57 Å². The number of fused-ring (bicyclic) bond motifs is 4. The summed E-state index contributed by atoms with van der Waals surface area (Å²) in [5, 5.41) is 6.72. The third-order valence-corrected chi connectivity index (χ3v) is 6.99. The first-order chi connectivity index (χ1) is 12.2. The predicted molar refractivity (Wildman–Crippen MR) is 107 cm³/mol. The number of aryl methyl sites for hydroxylation is 2. The third kappa shape index (κ3) is 1.50. The Labute approximate surface area is 150 Å². The van der Waals surface area contributed by atoms with Crippen LogP contribution in [0, 0.1) is 19.8 Å². The number of aromatic nitrogens is 1. The van der Waals surface area contributed by atoms with Gasteiger partial charge in [0.15, 0.2) is 0 Å². The molecule has 0 radical (unpaired) electrons. The summed E-state index contributed by atoms with van der Waals surface area (Å²) in [4.78, 5) is 4.77. The number of hydrogen-bond acceptors (Lipinski definition) is 2. The average Bonchev–Trinajstić information content (AvgIpc) is 3.19. The van der Waals surface area contributed by atoms with Crippen molar-refractivity contribution < 1.29 is 4.58 Å². The van der Waals surface area contributed by atoms with Gasteiger partial charge in [-0.15, -0.1) is 0 Å². The second-order valence-electron chi connectivity index (χ2n) is 7.26. The number of thioether (sulfide) groups is 1. The maximum atomic E-state index is 4.77. The van der Waals surface area contributed by atoms with E-state index in [-0.39, 0.29) is 5.37 Å². The molecule has 3 aliphatic heterocycles. The minimum atomic E-state index is 0.276. The summed E-state index contributed by atoms with van der Waals surface area (Å²) in [5.41, 5.74) is 8.31. The van der Waals surface area contributed by atoms with Crippen molar-refractivity contribution in [2.24, 2.45) is 10.9 Å². The lowest BCUT2D eigenvalue weighted by Crippen LogP contribution is -2.39. The molecule has 0 amide bonds. The van der Waals surface area contributed by atoms with Gasteiger partial charge in [0.25, 0.3) is 6.34 Å². The van der Waals surface area contributed by atoms with Crippen molar-refractivity contribution in [3.63, 3.8) is 0 Å². The van der Waals surface area contributed by atoms with Gasteiger partial charge in [-0.2, -0.15) is 0 Å². The maximum absolute atomic E-state index is 4.77. The number of rotatable bonds is 0. The molecule has 4 heteroatoms. The fourth-order valence-electron chi connectivity index (χ4n) is 4.89. The minimum absolute atomic E-state index is 0.276. The van der Waals surface area contributed by atoms with E-state index in [4.69, 9.17) is 4.99 Å². The monoisotopic (exact) mass is 344 g/mol. The fourth-order valence-corrected chi connectivity index (χ4v) is 5.98. The van der Waals surface area contributed by atoms with Crippen LogP contribution >= 0.6 is 11.8 Å². The lowest BCUT2D eigenvalue weighted by Gasteiger charge is -2.29. The molecule has 0 saturated heterocycles. The highest BCUT2D eigenvalue weighted by Crippen LogP contribution is 2.50. The van der Waals surface area contributed by atoms with Crippen molar-refractivity contribution in [1.82, 2.24) is 4.57 Å². The standard InChI is InChI=1S/C21H18N3S/c1-11-8-24-15-9-25-21-18(15)19(23(3)10-22-21)17-12(2)13-6-4-5-7-14(13)16(11)20(17)24/h4-10,18,21H,1-3H3/q+1. The Hall–Kier alpha value is -2.33. The van der Waals surface area contributed by atoms with Crippen LogP contribution < -0.4 is 0 Å². The summed E-state index contributed by atoms with van der Waals surface area (Å²) < 4.78 is 4.68. The molecule has 0 N–H and O–H groups in total. The van der Waals surface area contributed by atoms with E-state index in [1.165, 1.54) is 49.8 Å². The van der Waals surface area contributed by atoms with Crippen molar-refractivity contribution in [3.05, 3.63) is 52.6 Å². The van der Waals surface area contributed by atoms with E-state index in [1.807, 2.05) is 18.1 Å². The molecule has 25 heavy (non-hydrogen) atoms. The van der Waals surface area contributed by atoms with Crippen LogP contribution in [0.3, 0.4) is 0 Å². The number of hydrogen-bond donors (Lipinski definition) is 0. The zero-order valence-corrected chi connectivity index (χ0v) is 15.3. The zero-order valence-electron chi connectivity index (χ0n) is 14.4. The highest BCUT2D eigenvalue weighted by atomic mass is 32.2. The van der Waals surface area contributed by atoms with Gasteiger partial charge in [-0.3, -0.25) is 0 Å². The first kappa shape index (κ1) is 13.9. The van der Waals surface area contributed by atoms with Gasteiger partial charge in [0, 0.05) is 22.8 Å². The summed E-state index contributed by atoms with van der Waals surface area (Å²) >= 11 is 1.85. The van der Waals surface area contributed by atoms with E-state index in [9.17, 15) is 0 Å². The van der Waals surface area contributed by atoms with Crippen LogP contribution in [0.1, 0.15) is 16.7 Å². The molecule has 4 heterocycles. The molecule has 2 aromatic carbocycles. The Balaban J connectivity index is 1.93.